The molecule has 0 aliphatic heterocycles. The molecule has 0 aromatic rings. The molecule has 6 nitrogen and oxygen atoms in total. The summed E-state index contributed by atoms with van der Waals surface area (Å²) in [7, 11) is 0. The van der Waals surface area contributed by atoms with Crippen LogP contribution in [0.1, 0.15) is 52.9 Å². The van der Waals surface area contributed by atoms with E-state index in [9.17, 15) is 9.59 Å². The fourth-order valence-corrected chi connectivity index (χ4v) is 2.44. The molecule has 0 radical (unpaired) electrons. The van der Waals surface area contributed by atoms with Crippen molar-refractivity contribution in [3.05, 3.63) is 0 Å². The molecule has 0 bridgehead atoms. The highest BCUT2D eigenvalue weighted by Gasteiger charge is 2.28. The van der Waals surface area contributed by atoms with Gasteiger partial charge in [-0.25, -0.2) is 4.79 Å². The van der Waals surface area contributed by atoms with Gasteiger partial charge in [-0.3, -0.25) is 4.79 Å². The van der Waals surface area contributed by atoms with Crippen molar-refractivity contribution in [3.8, 4) is 0 Å². The number of urea groups is 1. The maximum absolute atomic E-state index is 11.9. The average Bonchev–Trinajstić information content (AvgIpc) is 2.46. The Morgan fingerprint density at radius 2 is 1.86 bits per heavy atom. The van der Waals surface area contributed by atoms with Gasteiger partial charge in [-0.05, 0) is 25.7 Å². The van der Waals surface area contributed by atoms with Crippen LogP contribution in [0.25, 0.3) is 0 Å². The molecule has 1 rings (SSSR count). The van der Waals surface area contributed by atoms with Crippen LogP contribution < -0.4 is 21.7 Å². The largest absolute Gasteiger partial charge is 0.348 e. The third kappa shape index (κ3) is 5.91. The summed E-state index contributed by atoms with van der Waals surface area (Å²) in [6.45, 7) is 6.27. The highest BCUT2D eigenvalue weighted by atomic mass is 16.2. The molecule has 1 aliphatic rings. The fourth-order valence-electron chi connectivity index (χ4n) is 2.44. The second-order valence-corrected chi connectivity index (χ2v) is 6.49. The normalized spacial score (nSPS) is 18.9. The minimum Gasteiger partial charge on any atom is -0.348 e. The Morgan fingerprint density at radius 3 is 2.38 bits per heavy atom. The molecule has 0 saturated heterocycles. The Bertz CT molecular complexity index is 354. The Labute approximate surface area is 127 Å². The first-order chi connectivity index (χ1) is 9.87. The van der Waals surface area contributed by atoms with E-state index in [0.29, 0.717) is 6.54 Å². The predicted octanol–water partition coefficient (Wildman–Crippen LogP) is 1.11. The second kappa shape index (κ2) is 8.22. The lowest BCUT2D eigenvalue weighted by Gasteiger charge is -2.33. The minimum atomic E-state index is -0.446. The van der Waals surface area contributed by atoms with Gasteiger partial charge in [0.25, 0.3) is 0 Å². The van der Waals surface area contributed by atoms with Gasteiger partial charge in [0, 0.05) is 12.6 Å². The number of nitrogens with two attached hydrogens (primary N) is 1. The van der Waals surface area contributed by atoms with Crippen LogP contribution in [0.2, 0.25) is 0 Å². The molecule has 1 unspecified atom stereocenters. The first-order valence-electron chi connectivity index (χ1n) is 7.93. The van der Waals surface area contributed by atoms with Gasteiger partial charge in [-0.2, -0.15) is 0 Å². The minimum absolute atomic E-state index is 0.0269. The van der Waals surface area contributed by atoms with Crippen molar-refractivity contribution in [2.75, 3.05) is 13.1 Å². The van der Waals surface area contributed by atoms with Gasteiger partial charge in [0.05, 0.1) is 12.1 Å². The monoisotopic (exact) mass is 298 g/mol. The van der Waals surface area contributed by atoms with Gasteiger partial charge in [0.2, 0.25) is 5.91 Å². The number of carbonyl (C=O) groups is 2. The van der Waals surface area contributed by atoms with Crippen LogP contribution >= 0.6 is 0 Å². The zero-order valence-corrected chi connectivity index (χ0v) is 13.5. The lowest BCUT2D eigenvalue weighted by Crippen LogP contribution is -2.57. The van der Waals surface area contributed by atoms with Gasteiger partial charge in [0.15, 0.2) is 0 Å². The third-order valence-electron chi connectivity index (χ3n) is 4.47. The fraction of sp³-hybridized carbons (Fsp3) is 0.867. The van der Waals surface area contributed by atoms with Crippen LogP contribution in [0.4, 0.5) is 4.79 Å². The van der Waals surface area contributed by atoms with Crippen LogP contribution in [-0.2, 0) is 4.79 Å². The lowest BCUT2D eigenvalue weighted by atomic mass is 9.88. The third-order valence-corrected chi connectivity index (χ3v) is 4.47. The zero-order chi connectivity index (χ0) is 15.9. The van der Waals surface area contributed by atoms with Gasteiger partial charge < -0.3 is 21.7 Å². The summed E-state index contributed by atoms with van der Waals surface area (Å²) < 4.78 is 0. The molecule has 0 spiro atoms. The highest BCUT2D eigenvalue weighted by molar-refractivity contribution is 5.84. The molecule has 6 heteroatoms. The molecule has 0 aromatic carbocycles. The van der Waals surface area contributed by atoms with E-state index in [1.807, 2.05) is 20.8 Å². The Hall–Kier alpha value is -1.30. The summed E-state index contributed by atoms with van der Waals surface area (Å²) in [6.07, 6.45) is 5.62. The number of amides is 3. The van der Waals surface area contributed by atoms with Gasteiger partial charge >= 0.3 is 6.03 Å². The SMILES string of the molecule is CC(C)C(C)(CN)NC(=O)CNC(=O)NC1CCCCC1. The molecular weight excluding hydrogens is 268 g/mol. The van der Waals surface area contributed by atoms with Crippen molar-refractivity contribution in [1.29, 1.82) is 0 Å². The zero-order valence-electron chi connectivity index (χ0n) is 13.5. The van der Waals surface area contributed by atoms with Crippen LogP contribution in [0, 0.1) is 5.92 Å². The molecule has 0 aromatic heterocycles. The number of rotatable bonds is 6. The van der Waals surface area contributed by atoms with Crippen LogP contribution in [0.5, 0.6) is 0 Å². The summed E-state index contributed by atoms with van der Waals surface area (Å²) in [6, 6.07) is -0.0252. The van der Waals surface area contributed by atoms with Crippen LogP contribution in [0.3, 0.4) is 0 Å². The summed E-state index contributed by atoms with van der Waals surface area (Å²) in [4.78, 5) is 23.7. The lowest BCUT2D eigenvalue weighted by molar-refractivity contribution is -0.122. The summed E-state index contributed by atoms with van der Waals surface area (Å²) >= 11 is 0. The number of nitrogens with one attached hydrogen (secondary N) is 3. The van der Waals surface area contributed by atoms with Crippen molar-refractivity contribution in [1.82, 2.24) is 16.0 Å². The maximum atomic E-state index is 11.9. The summed E-state index contributed by atoms with van der Waals surface area (Å²) in [5.74, 6) is 0.0120. The van der Waals surface area contributed by atoms with Crippen molar-refractivity contribution < 1.29 is 9.59 Å². The predicted molar refractivity (Wildman–Crippen MR) is 83.8 cm³/mol. The van der Waals surface area contributed by atoms with E-state index in [2.05, 4.69) is 16.0 Å². The van der Waals surface area contributed by atoms with E-state index < -0.39 is 5.54 Å². The summed E-state index contributed by atoms with van der Waals surface area (Å²) in [5, 5.41) is 8.43. The molecule has 1 fully saturated rings. The van der Waals surface area contributed by atoms with E-state index >= 15 is 0 Å². The summed E-state index contributed by atoms with van der Waals surface area (Å²) in [5.41, 5.74) is 5.28. The standard InChI is InChI=1S/C15H30N4O2/c1-11(2)15(3,10-16)19-13(20)9-17-14(21)18-12-7-5-4-6-8-12/h11-12H,4-10,16H2,1-3H3,(H,19,20)(H2,17,18,21). The maximum Gasteiger partial charge on any atom is 0.315 e. The second-order valence-electron chi connectivity index (χ2n) is 6.49. The molecule has 5 N–H and O–H groups in total. The molecule has 1 aliphatic carbocycles. The van der Waals surface area contributed by atoms with Gasteiger partial charge in [-0.1, -0.05) is 33.1 Å². The van der Waals surface area contributed by atoms with E-state index in [0.717, 1.165) is 25.7 Å². The number of hydrogen-bond donors (Lipinski definition) is 4. The quantitative estimate of drug-likeness (QED) is 0.591. The Morgan fingerprint density at radius 1 is 1.24 bits per heavy atom. The van der Waals surface area contributed by atoms with Crippen LogP contribution in [-0.4, -0.2) is 36.6 Å². The molecule has 3 amide bonds. The highest BCUT2D eigenvalue weighted by Crippen LogP contribution is 2.17. The van der Waals surface area contributed by atoms with Gasteiger partial charge in [-0.15, -0.1) is 0 Å². The molecule has 21 heavy (non-hydrogen) atoms. The van der Waals surface area contributed by atoms with Crippen molar-refractivity contribution in [2.24, 2.45) is 11.7 Å². The van der Waals surface area contributed by atoms with Crippen molar-refractivity contribution >= 4 is 11.9 Å². The number of carbonyl (C=O) groups excluding carboxylic acids is 2. The van der Waals surface area contributed by atoms with E-state index in [1.165, 1.54) is 6.42 Å². The molecule has 1 atom stereocenters. The number of hydrogen-bond acceptors (Lipinski definition) is 3. The van der Waals surface area contributed by atoms with E-state index in [-0.39, 0.29) is 30.4 Å². The molecular formula is C15H30N4O2. The van der Waals surface area contributed by atoms with Crippen molar-refractivity contribution in [3.63, 3.8) is 0 Å². The van der Waals surface area contributed by atoms with Gasteiger partial charge in [0.1, 0.15) is 0 Å². The molecule has 1 saturated carbocycles. The Balaban J connectivity index is 2.30. The Kier molecular flexibility index (Phi) is 6.95. The first-order valence-corrected chi connectivity index (χ1v) is 7.93. The van der Waals surface area contributed by atoms with Crippen molar-refractivity contribution in [2.45, 2.75) is 64.5 Å². The van der Waals surface area contributed by atoms with Crippen LogP contribution in [0.15, 0.2) is 0 Å². The molecule has 122 valence electrons. The average molecular weight is 298 g/mol. The molecule has 0 heterocycles. The van der Waals surface area contributed by atoms with E-state index in [1.54, 1.807) is 0 Å². The topological polar surface area (TPSA) is 96.2 Å². The smallest absolute Gasteiger partial charge is 0.315 e. The first kappa shape index (κ1) is 17.8. The van der Waals surface area contributed by atoms with E-state index in [4.69, 9.17) is 5.73 Å².